The maximum absolute atomic E-state index is 12.0. The van der Waals surface area contributed by atoms with E-state index >= 15 is 0 Å². The first-order valence-electron chi connectivity index (χ1n) is 7.21. The van der Waals surface area contributed by atoms with Gasteiger partial charge >= 0.3 is 0 Å². The highest BCUT2D eigenvalue weighted by Gasteiger charge is 2.27. The summed E-state index contributed by atoms with van der Waals surface area (Å²) in [6.45, 7) is 5.12. The van der Waals surface area contributed by atoms with E-state index in [1.165, 1.54) is 6.92 Å². The van der Waals surface area contributed by atoms with Crippen molar-refractivity contribution in [2.75, 3.05) is 25.0 Å². The average Bonchev–Trinajstić information content (AvgIpc) is 2.42. The Bertz CT molecular complexity index is 513. The number of amides is 1. The van der Waals surface area contributed by atoms with Crippen molar-refractivity contribution >= 4 is 17.4 Å². The number of nitrogens with zero attached hydrogens (tertiary/aromatic N) is 1. The molecule has 1 saturated heterocycles. The number of carbonyl (C=O) groups is 2. The van der Waals surface area contributed by atoms with Crippen LogP contribution in [0.15, 0.2) is 24.3 Å². The number of ketones is 1. The van der Waals surface area contributed by atoms with Crippen LogP contribution in [0.2, 0.25) is 0 Å². The zero-order valence-electron chi connectivity index (χ0n) is 12.6. The first-order valence-corrected chi connectivity index (χ1v) is 7.21. The molecule has 0 saturated carbocycles. The van der Waals surface area contributed by atoms with Gasteiger partial charge in [-0.15, -0.1) is 0 Å². The molecule has 2 rings (SSSR count). The third kappa shape index (κ3) is 4.65. The van der Waals surface area contributed by atoms with Crippen molar-refractivity contribution in [3.05, 3.63) is 29.8 Å². The Morgan fingerprint density at radius 1 is 1.24 bits per heavy atom. The van der Waals surface area contributed by atoms with E-state index in [9.17, 15) is 14.7 Å². The summed E-state index contributed by atoms with van der Waals surface area (Å²) >= 11 is 0. The molecule has 1 aliphatic heterocycles. The summed E-state index contributed by atoms with van der Waals surface area (Å²) in [7, 11) is 0. The lowest BCUT2D eigenvalue weighted by atomic mass is 9.94. The van der Waals surface area contributed by atoms with Crippen LogP contribution in [0.3, 0.4) is 0 Å². The number of rotatable bonds is 4. The smallest absolute Gasteiger partial charge is 0.238 e. The summed E-state index contributed by atoms with van der Waals surface area (Å²) in [5, 5.41) is 12.7. The molecule has 5 heteroatoms. The van der Waals surface area contributed by atoms with E-state index in [1.54, 1.807) is 24.3 Å². The van der Waals surface area contributed by atoms with Crippen molar-refractivity contribution in [1.82, 2.24) is 4.90 Å². The van der Waals surface area contributed by atoms with Gasteiger partial charge in [0.1, 0.15) is 0 Å². The first kappa shape index (κ1) is 15.7. The number of likely N-dealkylation sites (tertiary alicyclic amines) is 1. The lowest BCUT2D eigenvalue weighted by Gasteiger charge is -2.35. The SMILES string of the molecule is CC(=O)c1ccc(NC(=O)CN2CCC(C)(O)CC2)cc1. The van der Waals surface area contributed by atoms with Crippen LogP contribution in [0.4, 0.5) is 5.69 Å². The maximum atomic E-state index is 12.0. The Labute approximate surface area is 125 Å². The van der Waals surface area contributed by atoms with Crippen LogP contribution in [0, 0.1) is 0 Å². The summed E-state index contributed by atoms with van der Waals surface area (Å²) in [6, 6.07) is 6.87. The lowest BCUT2D eigenvalue weighted by Crippen LogP contribution is -2.45. The topological polar surface area (TPSA) is 69.6 Å². The molecule has 1 aliphatic rings. The molecule has 0 unspecified atom stereocenters. The lowest BCUT2D eigenvalue weighted by molar-refractivity contribution is -0.118. The number of Topliss-reactive ketones (excluding diaryl/α,β-unsaturated/α-hetero) is 1. The molecule has 1 heterocycles. The number of aliphatic hydroxyl groups is 1. The molecule has 0 radical (unpaired) electrons. The van der Waals surface area contributed by atoms with Crippen LogP contribution in [0.1, 0.15) is 37.0 Å². The van der Waals surface area contributed by atoms with Crippen LogP contribution in [-0.4, -0.2) is 46.9 Å². The summed E-state index contributed by atoms with van der Waals surface area (Å²) in [6.07, 6.45) is 1.38. The number of anilines is 1. The normalized spacial score (nSPS) is 18.2. The molecule has 114 valence electrons. The Balaban J connectivity index is 1.83. The van der Waals surface area contributed by atoms with Crippen molar-refractivity contribution in [3.8, 4) is 0 Å². The van der Waals surface area contributed by atoms with Crippen molar-refractivity contribution in [1.29, 1.82) is 0 Å². The van der Waals surface area contributed by atoms with Gasteiger partial charge in [-0.05, 0) is 51.0 Å². The highest BCUT2D eigenvalue weighted by Crippen LogP contribution is 2.20. The molecule has 0 aliphatic carbocycles. The Kier molecular flexibility index (Phi) is 4.75. The second-order valence-corrected chi connectivity index (χ2v) is 5.95. The van der Waals surface area contributed by atoms with E-state index in [2.05, 4.69) is 5.32 Å². The number of benzene rings is 1. The molecule has 1 fully saturated rings. The third-order valence-electron chi connectivity index (χ3n) is 3.88. The molecular formula is C16H22N2O3. The zero-order valence-corrected chi connectivity index (χ0v) is 12.6. The van der Waals surface area contributed by atoms with Gasteiger partial charge in [-0.1, -0.05) is 0 Å². The molecule has 0 bridgehead atoms. The van der Waals surface area contributed by atoms with Gasteiger partial charge in [-0.2, -0.15) is 0 Å². The van der Waals surface area contributed by atoms with Gasteiger partial charge in [-0.25, -0.2) is 0 Å². The van der Waals surface area contributed by atoms with E-state index in [4.69, 9.17) is 0 Å². The number of hydrogen-bond acceptors (Lipinski definition) is 4. The summed E-state index contributed by atoms with van der Waals surface area (Å²) in [5.41, 5.74) is 0.718. The summed E-state index contributed by atoms with van der Waals surface area (Å²) in [4.78, 5) is 25.2. The van der Waals surface area contributed by atoms with E-state index < -0.39 is 5.60 Å². The minimum atomic E-state index is -0.602. The predicted octanol–water partition coefficient (Wildman–Crippen LogP) is 1.67. The predicted molar refractivity (Wildman–Crippen MR) is 81.4 cm³/mol. The van der Waals surface area contributed by atoms with Gasteiger partial charge in [0, 0.05) is 24.3 Å². The molecule has 5 nitrogen and oxygen atoms in total. The average molecular weight is 290 g/mol. The van der Waals surface area contributed by atoms with Crippen LogP contribution >= 0.6 is 0 Å². The van der Waals surface area contributed by atoms with Crippen molar-refractivity contribution in [3.63, 3.8) is 0 Å². The second-order valence-electron chi connectivity index (χ2n) is 5.95. The minimum Gasteiger partial charge on any atom is -0.390 e. The van der Waals surface area contributed by atoms with E-state index in [-0.39, 0.29) is 11.7 Å². The summed E-state index contributed by atoms with van der Waals surface area (Å²) in [5.74, 6) is -0.0691. The van der Waals surface area contributed by atoms with Crippen LogP contribution < -0.4 is 5.32 Å². The van der Waals surface area contributed by atoms with Gasteiger partial charge in [0.2, 0.25) is 5.91 Å². The standard InChI is InChI=1S/C16H22N2O3/c1-12(19)13-3-5-14(6-4-13)17-15(20)11-18-9-7-16(2,21)8-10-18/h3-6,21H,7-11H2,1-2H3,(H,17,20). The molecule has 0 aromatic heterocycles. The molecule has 21 heavy (non-hydrogen) atoms. The van der Waals surface area contributed by atoms with Crippen molar-refractivity contribution in [2.24, 2.45) is 0 Å². The Hall–Kier alpha value is -1.72. The van der Waals surface area contributed by atoms with Gasteiger partial charge in [0.05, 0.1) is 12.1 Å². The van der Waals surface area contributed by atoms with E-state index in [0.29, 0.717) is 30.6 Å². The van der Waals surface area contributed by atoms with E-state index in [1.807, 2.05) is 11.8 Å². The number of piperidine rings is 1. The Morgan fingerprint density at radius 3 is 2.33 bits per heavy atom. The highest BCUT2D eigenvalue weighted by atomic mass is 16.3. The largest absolute Gasteiger partial charge is 0.390 e. The van der Waals surface area contributed by atoms with Gasteiger partial charge in [0.25, 0.3) is 0 Å². The molecule has 1 aromatic rings. The van der Waals surface area contributed by atoms with Gasteiger partial charge < -0.3 is 10.4 Å². The van der Waals surface area contributed by atoms with Gasteiger partial charge in [0.15, 0.2) is 5.78 Å². The number of nitrogens with one attached hydrogen (secondary N) is 1. The monoisotopic (exact) mass is 290 g/mol. The van der Waals surface area contributed by atoms with Crippen LogP contribution in [0.5, 0.6) is 0 Å². The molecule has 2 N–H and O–H groups in total. The molecule has 1 amide bonds. The summed E-state index contributed by atoms with van der Waals surface area (Å²) < 4.78 is 0. The fourth-order valence-corrected chi connectivity index (χ4v) is 2.38. The third-order valence-corrected chi connectivity index (χ3v) is 3.88. The molecule has 0 atom stereocenters. The number of hydrogen-bond donors (Lipinski definition) is 2. The molecule has 0 spiro atoms. The highest BCUT2D eigenvalue weighted by molar-refractivity contribution is 5.96. The first-order chi connectivity index (χ1) is 9.85. The quantitative estimate of drug-likeness (QED) is 0.828. The van der Waals surface area contributed by atoms with Gasteiger partial charge in [-0.3, -0.25) is 14.5 Å². The minimum absolute atomic E-state index is 0.00763. The zero-order chi connectivity index (χ0) is 15.5. The second kappa shape index (κ2) is 6.37. The van der Waals surface area contributed by atoms with Crippen molar-refractivity contribution < 1.29 is 14.7 Å². The van der Waals surface area contributed by atoms with Crippen LogP contribution in [0.25, 0.3) is 0 Å². The fourth-order valence-electron chi connectivity index (χ4n) is 2.38. The Morgan fingerprint density at radius 2 is 1.81 bits per heavy atom. The van der Waals surface area contributed by atoms with Crippen LogP contribution in [-0.2, 0) is 4.79 Å². The van der Waals surface area contributed by atoms with Crippen molar-refractivity contribution in [2.45, 2.75) is 32.3 Å². The van der Waals surface area contributed by atoms with E-state index in [0.717, 1.165) is 13.1 Å². The molecule has 1 aromatic carbocycles. The number of carbonyl (C=O) groups excluding carboxylic acids is 2. The molecular weight excluding hydrogens is 268 g/mol. The fraction of sp³-hybridized carbons (Fsp3) is 0.500. The maximum Gasteiger partial charge on any atom is 0.238 e.